The SMILES string of the molecule is COc1ccc(N(CC(=O)N/N=C\c2ccc(C(=O)O)cc2)S(=O)(=O)c2ccc(C)c([N+](=O)[O-])c2)cc1. The molecule has 3 aromatic carbocycles. The van der Waals surface area contributed by atoms with Crippen molar-refractivity contribution in [3.8, 4) is 5.75 Å². The molecule has 2 N–H and O–H groups in total. The highest BCUT2D eigenvalue weighted by atomic mass is 32.2. The monoisotopic (exact) mass is 526 g/mol. The molecule has 0 spiro atoms. The van der Waals surface area contributed by atoms with Gasteiger partial charge in [0.2, 0.25) is 0 Å². The second kappa shape index (κ2) is 11.3. The number of amides is 1. The molecular formula is C24H22N4O8S. The number of aromatic carboxylic acids is 1. The molecule has 0 aromatic heterocycles. The van der Waals surface area contributed by atoms with Crippen LogP contribution in [0.4, 0.5) is 11.4 Å². The first kappa shape index (κ1) is 26.8. The van der Waals surface area contributed by atoms with E-state index in [1.54, 1.807) is 0 Å². The van der Waals surface area contributed by atoms with Gasteiger partial charge in [-0.1, -0.05) is 18.2 Å². The summed E-state index contributed by atoms with van der Waals surface area (Å²) in [5, 5.41) is 24.1. The first-order valence-corrected chi connectivity index (χ1v) is 12.0. The third-order valence-corrected chi connectivity index (χ3v) is 6.94. The van der Waals surface area contributed by atoms with Gasteiger partial charge in [0, 0.05) is 11.6 Å². The van der Waals surface area contributed by atoms with E-state index in [1.165, 1.54) is 80.9 Å². The van der Waals surface area contributed by atoms with Gasteiger partial charge in [0.25, 0.3) is 21.6 Å². The Morgan fingerprint density at radius 2 is 1.76 bits per heavy atom. The van der Waals surface area contributed by atoms with E-state index >= 15 is 0 Å². The van der Waals surface area contributed by atoms with Crippen molar-refractivity contribution in [3.63, 3.8) is 0 Å². The van der Waals surface area contributed by atoms with E-state index in [9.17, 15) is 28.1 Å². The maximum Gasteiger partial charge on any atom is 0.335 e. The minimum absolute atomic E-state index is 0.0814. The molecule has 0 atom stereocenters. The average Bonchev–Trinajstić information content (AvgIpc) is 2.87. The van der Waals surface area contributed by atoms with Crippen molar-refractivity contribution in [1.29, 1.82) is 0 Å². The van der Waals surface area contributed by atoms with E-state index in [2.05, 4.69) is 10.5 Å². The summed E-state index contributed by atoms with van der Waals surface area (Å²) in [6.45, 7) is 0.794. The highest BCUT2D eigenvalue weighted by molar-refractivity contribution is 7.92. The fourth-order valence-corrected chi connectivity index (χ4v) is 4.64. The van der Waals surface area contributed by atoms with Gasteiger partial charge >= 0.3 is 5.97 Å². The maximum absolute atomic E-state index is 13.5. The zero-order valence-electron chi connectivity index (χ0n) is 19.7. The lowest BCUT2D eigenvalue weighted by atomic mass is 10.1. The number of hydrogen-bond donors (Lipinski definition) is 2. The quantitative estimate of drug-likeness (QED) is 0.231. The van der Waals surface area contributed by atoms with Crippen LogP contribution in [-0.4, -0.2) is 50.2 Å². The topological polar surface area (TPSA) is 169 Å². The number of carbonyl (C=O) groups is 2. The van der Waals surface area contributed by atoms with Crippen LogP contribution in [0.15, 0.2) is 76.7 Å². The number of benzene rings is 3. The van der Waals surface area contributed by atoms with Gasteiger partial charge in [-0.15, -0.1) is 0 Å². The van der Waals surface area contributed by atoms with Crippen molar-refractivity contribution in [3.05, 3.63) is 93.5 Å². The fraction of sp³-hybridized carbons (Fsp3) is 0.125. The number of nitro benzene ring substituents is 1. The van der Waals surface area contributed by atoms with E-state index in [0.29, 0.717) is 11.3 Å². The lowest BCUT2D eigenvalue weighted by molar-refractivity contribution is -0.385. The number of carboxylic acid groups (broad SMARTS) is 1. The first-order valence-electron chi connectivity index (χ1n) is 10.6. The van der Waals surface area contributed by atoms with Gasteiger partial charge in [-0.3, -0.25) is 19.2 Å². The number of carbonyl (C=O) groups excluding carboxylic acids is 1. The van der Waals surface area contributed by atoms with Crippen LogP contribution >= 0.6 is 0 Å². The smallest absolute Gasteiger partial charge is 0.335 e. The molecule has 37 heavy (non-hydrogen) atoms. The van der Waals surface area contributed by atoms with Crippen molar-refractivity contribution < 1.29 is 32.8 Å². The van der Waals surface area contributed by atoms with Crippen molar-refractivity contribution in [1.82, 2.24) is 5.43 Å². The second-order valence-corrected chi connectivity index (χ2v) is 9.50. The van der Waals surface area contributed by atoms with Crippen molar-refractivity contribution >= 4 is 39.5 Å². The zero-order chi connectivity index (χ0) is 27.2. The van der Waals surface area contributed by atoms with Crippen LogP contribution < -0.4 is 14.5 Å². The predicted octanol–water partition coefficient (Wildman–Crippen LogP) is 2.96. The average molecular weight is 527 g/mol. The van der Waals surface area contributed by atoms with Crippen molar-refractivity contribution in [2.24, 2.45) is 5.10 Å². The Morgan fingerprint density at radius 3 is 2.32 bits per heavy atom. The standard InChI is InChI=1S/C24H22N4O8S/c1-16-3-12-21(13-22(16)28(32)33)37(34,35)27(19-8-10-20(36-2)11-9-19)15-23(29)26-25-14-17-4-6-18(7-5-17)24(30)31/h3-14H,15H2,1-2H3,(H,26,29)(H,30,31)/b25-14-. The number of nitrogens with zero attached hydrogens (tertiary/aromatic N) is 3. The molecule has 0 bridgehead atoms. The summed E-state index contributed by atoms with van der Waals surface area (Å²) in [5.74, 6) is -1.43. The molecule has 1 amide bonds. The molecule has 0 fully saturated rings. The van der Waals surface area contributed by atoms with Gasteiger partial charge in [0.15, 0.2) is 0 Å². The molecule has 3 rings (SSSR count). The van der Waals surface area contributed by atoms with E-state index in [-0.39, 0.29) is 27.4 Å². The zero-order valence-corrected chi connectivity index (χ0v) is 20.5. The number of anilines is 1. The molecular weight excluding hydrogens is 504 g/mol. The van der Waals surface area contributed by atoms with Gasteiger partial charge < -0.3 is 9.84 Å². The number of carboxylic acids is 1. The Morgan fingerprint density at radius 1 is 1.11 bits per heavy atom. The Balaban J connectivity index is 1.88. The van der Waals surface area contributed by atoms with Crippen LogP contribution in [0.1, 0.15) is 21.5 Å². The highest BCUT2D eigenvalue weighted by Crippen LogP contribution is 2.29. The van der Waals surface area contributed by atoms with E-state index in [4.69, 9.17) is 9.84 Å². The lowest BCUT2D eigenvalue weighted by Gasteiger charge is -2.24. The van der Waals surface area contributed by atoms with Gasteiger partial charge in [0.1, 0.15) is 12.3 Å². The fourth-order valence-electron chi connectivity index (χ4n) is 3.19. The van der Waals surface area contributed by atoms with Crippen molar-refractivity contribution in [2.45, 2.75) is 11.8 Å². The largest absolute Gasteiger partial charge is 0.497 e. The number of sulfonamides is 1. The second-order valence-electron chi connectivity index (χ2n) is 7.64. The minimum atomic E-state index is -4.41. The Kier molecular flexibility index (Phi) is 8.19. The number of rotatable bonds is 10. The Bertz CT molecular complexity index is 1450. The van der Waals surface area contributed by atoms with E-state index in [0.717, 1.165) is 10.4 Å². The maximum atomic E-state index is 13.5. The van der Waals surface area contributed by atoms with E-state index < -0.39 is 33.4 Å². The number of nitrogens with one attached hydrogen (secondary N) is 1. The summed E-state index contributed by atoms with van der Waals surface area (Å²) in [7, 11) is -2.97. The van der Waals surface area contributed by atoms with Gasteiger partial charge in [-0.25, -0.2) is 18.6 Å². The Labute approximate surface area is 212 Å². The number of hydrazone groups is 1. The number of nitro groups is 1. The molecule has 3 aromatic rings. The predicted molar refractivity (Wildman–Crippen MR) is 134 cm³/mol. The third kappa shape index (κ3) is 6.46. The Hall–Kier alpha value is -4.78. The minimum Gasteiger partial charge on any atom is -0.497 e. The number of ether oxygens (including phenoxy) is 1. The normalized spacial score (nSPS) is 11.2. The number of methoxy groups -OCH3 is 1. The molecule has 0 unspecified atom stereocenters. The third-order valence-electron chi connectivity index (χ3n) is 5.17. The van der Waals surface area contributed by atoms with Crippen LogP contribution in [0, 0.1) is 17.0 Å². The molecule has 192 valence electrons. The first-order chi connectivity index (χ1) is 17.5. The summed E-state index contributed by atoms with van der Waals surface area (Å²) < 4.78 is 32.9. The molecule has 0 heterocycles. The summed E-state index contributed by atoms with van der Waals surface area (Å²) in [4.78, 5) is 33.9. The molecule has 0 saturated carbocycles. The summed E-state index contributed by atoms with van der Waals surface area (Å²) >= 11 is 0. The van der Waals surface area contributed by atoms with Crippen LogP contribution in [0.25, 0.3) is 0 Å². The van der Waals surface area contributed by atoms with Crippen LogP contribution in [0.2, 0.25) is 0 Å². The highest BCUT2D eigenvalue weighted by Gasteiger charge is 2.29. The summed E-state index contributed by atoms with van der Waals surface area (Å²) in [6, 6.07) is 15.1. The molecule has 0 radical (unpaired) electrons. The van der Waals surface area contributed by atoms with E-state index in [1.807, 2.05) is 0 Å². The lowest BCUT2D eigenvalue weighted by Crippen LogP contribution is -2.39. The molecule has 0 aliphatic rings. The van der Waals surface area contributed by atoms with Gasteiger partial charge in [0.05, 0.1) is 34.4 Å². The molecule has 13 heteroatoms. The van der Waals surface area contributed by atoms with Gasteiger partial charge in [-0.05, 0) is 55.0 Å². The van der Waals surface area contributed by atoms with Crippen LogP contribution in [0.5, 0.6) is 5.75 Å². The molecule has 0 saturated heterocycles. The molecule has 0 aliphatic carbocycles. The number of aryl methyl sites for hydroxylation is 1. The van der Waals surface area contributed by atoms with Gasteiger partial charge in [-0.2, -0.15) is 5.10 Å². The molecule has 0 aliphatic heterocycles. The van der Waals surface area contributed by atoms with Crippen molar-refractivity contribution in [2.75, 3.05) is 18.0 Å². The van der Waals surface area contributed by atoms with Crippen LogP contribution in [-0.2, 0) is 14.8 Å². The van der Waals surface area contributed by atoms with Crippen LogP contribution in [0.3, 0.4) is 0 Å². The number of hydrogen-bond acceptors (Lipinski definition) is 8. The summed E-state index contributed by atoms with van der Waals surface area (Å²) in [5.41, 5.74) is 2.83. The summed E-state index contributed by atoms with van der Waals surface area (Å²) in [6.07, 6.45) is 1.26. The molecule has 12 nitrogen and oxygen atoms in total.